The smallest absolute Gasteiger partial charge is 0.361 e. The van der Waals surface area contributed by atoms with E-state index in [2.05, 4.69) is 40.3 Å². The number of imidazole rings is 1. The standard InChI is InChI=1S/C29H28F3N9O2/c1-17-27(18(2)43-39-17)24-13-22(34-16-35-24)20-3-4-21-23(12-20)37-28(36-21)38-25-11-19(5-6-33-25)15-40-7-9-41(10-8-40)26(42)14-29(30,31)32/h3-6,11-13,16H,7-10,14-15H2,1-2H3,(H2,33,36,37,38). The number of hydrogen-bond donors (Lipinski definition) is 2. The van der Waals surface area contributed by atoms with Gasteiger partial charge < -0.3 is 19.7 Å². The summed E-state index contributed by atoms with van der Waals surface area (Å²) in [5.74, 6) is 0.932. The van der Waals surface area contributed by atoms with Gasteiger partial charge in [-0.05, 0) is 49.7 Å². The normalized spacial score (nSPS) is 14.4. The number of aromatic amines is 1. The van der Waals surface area contributed by atoms with E-state index in [9.17, 15) is 18.0 Å². The predicted octanol–water partition coefficient (Wildman–Crippen LogP) is 5.03. The van der Waals surface area contributed by atoms with Crippen molar-refractivity contribution < 1.29 is 22.5 Å². The number of amides is 1. The SMILES string of the molecule is Cc1noc(C)c1-c1cc(-c2ccc3nc(Nc4cc(CN5CCN(C(=O)CC(F)(F)F)CC5)ccn4)[nH]c3c2)ncn1. The summed E-state index contributed by atoms with van der Waals surface area (Å²) in [6.07, 6.45) is -2.70. The number of nitrogens with one attached hydrogen (secondary N) is 2. The molecule has 0 atom stereocenters. The summed E-state index contributed by atoms with van der Waals surface area (Å²) in [5, 5.41) is 7.23. The van der Waals surface area contributed by atoms with Crippen molar-refractivity contribution in [3.05, 3.63) is 65.9 Å². The number of carbonyl (C=O) groups excluding carboxylic acids is 1. The number of fused-ring (bicyclic) bond motifs is 1. The number of anilines is 2. The maximum absolute atomic E-state index is 12.6. The Hall–Kier alpha value is -4.85. The Morgan fingerprint density at radius 3 is 2.56 bits per heavy atom. The number of H-pyrrole nitrogens is 1. The minimum Gasteiger partial charge on any atom is -0.361 e. The van der Waals surface area contributed by atoms with E-state index in [1.807, 2.05) is 50.2 Å². The van der Waals surface area contributed by atoms with Crippen molar-refractivity contribution in [1.29, 1.82) is 0 Å². The van der Waals surface area contributed by atoms with Crippen molar-refractivity contribution in [2.75, 3.05) is 31.5 Å². The van der Waals surface area contributed by atoms with Gasteiger partial charge in [-0.1, -0.05) is 11.2 Å². The zero-order valence-electron chi connectivity index (χ0n) is 23.4. The van der Waals surface area contributed by atoms with Crippen LogP contribution in [0.5, 0.6) is 0 Å². The Bertz CT molecular complexity index is 1760. The van der Waals surface area contributed by atoms with Crippen LogP contribution in [0.15, 0.2) is 53.4 Å². The third kappa shape index (κ3) is 6.48. The second-order valence-corrected chi connectivity index (χ2v) is 10.4. The molecule has 0 saturated carbocycles. The highest BCUT2D eigenvalue weighted by atomic mass is 19.4. The Labute approximate surface area is 244 Å². The molecular weight excluding hydrogens is 563 g/mol. The van der Waals surface area contributed by atoms with Gasteiger partial charge in [0.1, 0.15) is 24.3 Å². The van der Waals surface area contributed by atoms with Gasteiger partial charge in [0, 0.05) is 44.5 Å². The molecule has 4 aromatic heterocycles. The van der Waals surface area contributed by atoms with Gasteiger partial charge in [-0.3, -0.25) is 9.69 Å². The molecule has 1 aliphatic heterocycles. The van der Waals surface area contributed by atoms with Crippen molar-refractivity contribution in [2.45, 2.75) is 33.0 Å². The Morgan fingerprint density at radius 2 is 1.81 bits per heavy atom. The first-order valence-corrected chi connectivity index (χ1v) is 13.7. The van der Waals surface area contributed by atoms with E-state index in [1.165, 1.54) is 11.2 Å². The van der Waals surface area contributed by atoms with E-state index in [-0.39, 0.29) is 13.1 Å². The molecule has 11 nitrogen and oxygen atoms in total. The molecule has 6 rings (SSSR count). The van der Waals surface area contributed by atoms with Crippen LogP contribution in [-0.4, -0.2) is 78.1 Å². The average molecular weight is 592 g/mol. The number of pyridine rings is 1. The summed E-state index contributed by atoms with van der Waals surface area (Å²) in [6, 6.07) is 11.5. The van der Waals surface area contributed by atoms with Gasteiger partial charge in [0.2, 0.25) is 11.9 Å². The largest absolute Gasteiger partial charge is 0.397 e. The Morgan fingerprint density at radius 1 is 1.02 bits per heavy atom. The molecule has 0 bridgehead atoms. The predicted molar refractivity (Wildman–Crippen MR) is 152 cm³/mol. The lowest BCUT2D eigenvalue weighted by Crippen LogP contribution is -2.49. The Kier molecular flexibility index (Phi) is 7.52. The number of rotatable bonds is 7. The van der Waals surface area contributed by atoms with Crippen LogP contribution >= 0.6 is 0 Å². The molecule has 1 aliphatic rings. The number of carbonyl (C=O) groups is 1. The van der Waals surface area contributed by atoms with Crippen LogP contribution in [-0.2, 0) is 11.3 Å². The number of benzene rings is 1. The summed E-state index contributed by atoms with van der Waals surface area (Å²) in [7, 11) is 0. The second kappa shape index (κ2) is 11.4. The van der Waals surface area contributed by atoms with Gasteiger partial charge in [-0.25, -0.2) is 19.9 Å². The van der Waals surface area contributed by atoms with Gasteiger partial charge in [0.05, 0.1) is 33.7 Å². The third-order valence-corrected chi connectivity index (χ3v) is 7.29. The second-order valence-electron chi connectivity index (χ2n) is 10.4. The molecule has 43 heavy (non-hydrogen) atoms. The first-order chi connectivity index (χ1) is 20.6. The van der Waals surface area contributed by atoms with Crippen molar-refractivity contribution in [3.63, 3.8) is 0 Å². The molecule has 5 aromatic rings. The Balaban J connectivity index is 1.11. The van der Waals surface area contributed by atoms with Crippen molar-refractivity contribution in [3.8, 4) is 22.5 Å². The molecule has 0 radical (unpaired) electrons. The van der Waals surface area contributed by atoms with Gasteiger partial charge in [0.15, 0.2) is 0 Å². The van der Waals surface area contributed by atoms with Crippen LogP contribution in [0.25, 0.3) is 33.5 Å². The van der Waals surface area contributed by atoms with E-state index in [0.717, 1.165) is 44.8 Å². The van der Waals surface area contributed by atoms with E-state index >= 15 is 0 Å². The van der Waals surface area contributed by atoms with Crippen LogP contribution in [0.2, 0.25) is 0 Å². The van der Waals surface area contributed by atoms with Crippen molar-refractivity contribution in [1.82, 2.24) is 39.9 Å². The molecule has 0 unspecified atom stereocenters. The number of piperazine rings is 1. The minimum absolute atomic E-state index is 0.266. The highest BCUT2D eigenvalue weighted by Crippen LogP contribution is 2.29. The summed E-state index contributed by atoms with van der Waals surface area (Å²) in [5.41, 5.74) is 6.53. The number of alkyl halides is 3. The first-order valence-electron chi connectivity index (χ1n) is 13.7. The van der Waals surface area contributed by atoms with Crippen LogP contribution < -0.4 is 5.32 Å². The fourth-order valence-electron chi connectivity index (χ4n) is 5.19. The monoisotopic (exact) mass is 591 g/mol. The van der Waals surface area contributed by atoms with Gasteiger partial charge in [-0.15, -0.1) is 0 Å². The zero-order valence-corrected chi connectivity index (χ0v) is 23.4. The fourth-order valence-corrected chi connectivity index (χ4v) is 5.19. The van der Waals surface area contributed by atoms with Crippen molar-refractivity contribution >= 4 is 28.7 Å². The molecule has 222 valence electrons. The van der Waals surface area contributed by atoms with Crippen molar-refractivity contribution in [2.24, 2.45) is 0 Å². The van der Waals surface area contributed by atoms with E-state index < -0.39 is 18.5 Å². The maximum Gasteiger partial charge on any atom is 0.397 e. The number of aromatic nitrogens is 6. The summed E-state index contributed by atoms with van der Waals surface area (Å²) in [4.78, 5) is 36.4. The lowest BCUT2D eigenvalue weighted by Gasteiger charge is -2.35. The third-order valence-electron chi connectivity index (χ3n) is 7.29. The molecule has 0 aliphatic carbocycles. The number of hydrogen-bond acceptors (Lipinski definition) is 9. The number of nitrogens with zero attached hydrogens (tertiary/aromatic N) is 7. The molecule has 1 saturated heterocycles. The highest BCUT2D eigenvalue weighted by Gasteiger charge is 2.34. The van der Waals surface area contributed by atoms with Crippen LogP contribution in [0.3, 0.4) is 0 Å². The molecule has 5 heterocycles. The van der Waals surface area contributed by atoms with Gasteiger partial charge >= 0.3 is 6.18 Å². The van der Waals surface area contributed by atoms with Crippen LogP contribution in [0.1, 0.15) is 23.4 Å². The van der Waals surface area contributed by atoms with Gasteiger partial charge in [-0.2, -0.15) is 13.2 Å². The lowest BCUT2D eigenvalue weighted by molar-refractivity contribution is -0.162. The summed E-state index contributed by atoms with van der Waals surface area (Å²) < 4.78 is 43.0. The minimum atomic E-state index is -4.49. The number of aryl methyl sites for hydroxylation is 2. The highest BCUT2D eigenvalue weighted by molar-refractivity contribution is 5.84. The molecule has 1 aromatic carbocycles. The fraction of sp³-hybridized carbons (Fsp3) is 0.310. The summed E-state index contributed by atoms with van der Waals surface area (Å²) in [6.45, 7) is 5.82. The lowest BCUT2D eigenvalue weighted by atomic mass is 10.1. The van der Waals surface area contributed by atoms with Crippen LogP contribution in [0, 0.1) is 13.8 Å². The first kappa shape index (κ1) is 28.3. The average Bonchev–Trinajstić information content (AvgIpc) is 3.53. The van der Waals surface area contributed by atoms with E-state index in [4.69, 9.17) is 4.52 Å². The zero-order chi connectivity index (χ0) is 30.1. The molecule has 1 amide bonds. The van der Waals surface area contributed by atoms with Gasteiger partial charge in [0.25, 0.3) is 0 Å². The maximum atomic E-state index is 12.6. The van der Waals surface area contributed by atoms with Crippen LogP contribution in [0.4, 0.5) is 24.9 Å². The van der Waals surface area contributed by atoms with E-state index in [0.29, 0.717) is 37.2 Å². The topological polar surface area (TPSA) is 129 Å². The molecule has 0 spiro atoms. The molecule has 14 heteroatoms. The molecule has 1 fully saturated rings. The molecular formula is C29H28F3N9O2. The number of halogens is 3. The molecule has 2 N–H and O–H groups in total. The quantitative estimate of drug-likeness (QED) is 0.268. The van der Waals surface area contributed by atoms with E-state index in [1.54, 1.807) is 6.20 Å². The summed E-state index contributed by atoms with van der Waals surface area (Å²) >= 11 is 0.